The van der Waals surface area contributed by atoms with Crippen molar-refractivity contribution >= 4 is 5.95 Å². The summed E-state index contributed by atoms with van der Waals surface area (Å²) < 4.78 is -0.701. The van der Waals surface area contributed by atoms with Crippen LogP contribution in [0.15, 0.2) is 0 Å². The third-order valence-electron chi connectivity index (χ3n) is 1.64. The monoisotopic (exact) mass is 264 g/mol. The third kappa shape index (κ3) is 1.44. The standard InChI is InChI=1S/C2N8O8/c11-7(12)1-3-4-5-6(1)2(8(13)14,9(15)16)10(17)18. The number of nitro groups is 4. The van der Waals surface area contributed by atoms with Gasteiger partial charge in [0.2, 0.25) is 14.8 Å². The average molecular weight is 264 g/mol. The normalized spacial score (nSPS) is 10.9. The van der Waals surface area contributed by atoms with Crippen molar-refractivity contribution in [3.8, 4) is 0 Å². The molecule has 0 saturated carbocycles. The van der Waals surface area contributed by atoms with Crippen molar-refractivity contribution in [1.29, 1.82) is 0 Å². The second kappa shape index (κ2) is 3.92. The molecule has 0 saturated heterocycles. The van der Waals surface area contributed by atoms with E-state index in [4.69, 9.17) is 0 Å². The van der Waals surface area contributed by atoms with E-state index < -0.39 is 36.2 Å². The SMILES string of the molecule is O=[N+]([O-])c1nnnn1C([N+](=O)[O-])([N+](=O)[O-])[N+](=O)[O-]. The van der Waals surface area contributed by atoms with E-state index in [2.05, 4.69) is 15.5 Å². The Morgan fingerprint density at radius 3 is 1.72 bits per heavy atom. The van der Waals surface area contributed by atoms with Gasteiger partial charge in [-0.05, 0) is 4.92 Å². The molecule has 0 unspecified atom stereocenters. The highest BCUT2D eigenvalue weighted by molar-refractivity contribution is 4.98. The second-order valence-corrected chi connectivity index (χ2v) is 2.52. The Morgan fingerprint density at radius 2 is 1.39 bits per heavy atom. The summed E-state index contributed by atoms with van der Waals surface area (Å²) in [6.45, 7) is 0. The molecule has 0 aromatic carbocycles. The summed E-state index contributed by atoms with van der Waals surface area (Å²) in [7, 11) is 0. The second-order valence-electron chi connectivity index (χ2n) is 2.52. The third-order valence-corrected chi connectivity index (χ3v) is 1.64. The van der Waals surface area contributed by atoms with Crippen LogP contribution in [-0.2, 0) is 5.91 Å². The lowest BCUT2D eigenvalue weighted by molar-refractivity contribution is -1.01. The van der Waals surface area contributed by atoms with E-state index in [1.807, 2.05) is 0 Å². The maximum Gasteiger partial charge on any atom is 0.865 e. The highest BCUT2D eigenvalue weighted by Crippen LogP contribution is 2.22. The van der Waals surface area contributed by atoms with Gasteiger partial charge in [0.25, 0.3) is 0 Å². The Morgan fingerprint density at radius 1 is 0.944 bits per heavy atom. The summed E-state index contributed by atoms with van der Waals surface area (Å²) in [4.78, 5) is 34.7. The summed E-state index contributed by atoms with van der Waals surface area (Å²) in [6.07, 6.45) is 0. The minimum Gasteiger partial charge on any atom is -0.390 e. The topological polar surface area (TPSA) is 216 Å². The minimum absolute atomic E-state index is 0.701. The van der Waals surface area contributed by atoms with Gasteiger partial charge in [0.1, 0.15) is 4.68 Å². The zero-order valence-electron chi connectivity index (χ0n) is 7.84. The van der Waals surface area contributed by atoms with Crippen LogP contribution in [0, 0.1) is 40.5 Å². The van der Waals surface area contributed by atoms with Gasteiger partial charge in [0.15, 0.2) is 0 Å². The molecular formula is C2N8O8. The van der Waals surface area contributed by atoms with Crippen molar-refractivity contribution in [2.75, 3.05) is 0 Å². The van der Waals surface area contributed by atoms with Crippen molar-refractivity contribution in [3.05, 3.63) is 40.5 Å². The number of hydrogen-bond acceptors (Lipinski definition) is 11. The minimum atomic E-state index is -4.30. The fourth-order valence-electron chi connectivity index (χ4n) is 0.922. The number of nitrogens with zero attached hydrogens (tertiary/aromatic N) is 8. The molecule has 0 atom stereocenters. The van der Waals surface area contributed by atoms with Crippen molar-refractivity contribution < 1.29 is 19.7 Å². The Hall–Kier alpha value is -3.33. The van der Waals surface area contributed by atoms with Crippen LogP contribution in [-0.4, -0.2) is 39.9 Å². The zero-order valence-corrected chi connectivity index (χ0v) is 7.84. The first kappa shape index (κ1) is 12.7. The molecule has 0 spiro atoms. The molecule has 1 aromatic heterocycles. The number of rotatable bonds is 5. The predicted molar refractivity (Wildman–Crippen MR) is 43.4 cm³/mol. The largest absolute Gasteiger partial charge is 0.865 e. The van der Waals surface area contributed by atoms with E-state index in [0.717, 1.165) is 0 Å². The van der Waals surface area contributed by atoms with E-state index in [-0.39, 0.29) is 0 Å². The predicted octanol–water partition coefficient (Wildman–Crippen LogP) is -2.02. The molecule has 16 heteroatoms. The molecule has 0 aliphatic heterocycles. The molecule has 0 fully saturated rings. The van der Waals surface area contributed by atoms with Crippen LogP contribution in [0.5, 0.6) is 0 Å². The number of hydrogen-bond donors (Lipinski definition) is 0. The molecule has 0 aliphatic rings. The highest BCUT2D eigenvalue weighted by Gasteiger charge is 2.81. The van der Waals surface area contributed by atoms with Gasteiger partial charge in [-0.25, -0.2) is 30.3 Å². The van der Waals surface area contributed by atoms with E-state index in [1.54, 1.807) is 0 Å². The summed E-state index contributed by atoms with van der Waals surface area (Å²) in [6, 6.07) is 0. The van der Waals surface area contributed by atoms with Gasteiger partial charge in [-0.3, -0.25) is 0 Å². The lowest BCUT2D eigenvalue weighted by Gasteiger charge is -2.03. The molecule has 0 amide bonds. The molecule has 0 bridgehead atoms. The van der Waals surface area contributed by atoms with Gasteiger partial charge in [-0.1, -0.05) is 0 Å². The van der Waals surface area contributed by atoms with E-state index >= 15 is 0 Å². The average Bonchev–Trinajstić information content (AvgIpc) is 2.65. The molecular weight excluding hydrogens is 264 g/mol. The fourth-order valence-corrected chi connectivity index (χ4v) is 0.922. The van der Waals surface area contributed by atoms with Crippen LogP contribution in [0.3, 0.4) is 0 Å². The molecule has 0 N–H and O–H groups in total. The molecule has 1 rings (SSSR count). The molecule has 1 heterocycles. The highest BCUT2D eigenvalue weighted by atomic mass is 16.7. The maximum absolute atomic E-state index is 10.6. The Balaban J connectivity index is 3.68. The van der Waals surface area contributed by atoms with Crippen LogP contribution >= 0.6 is 0 Å². The number of aromatic nitrogens is 4. The van der Waals surface area contributed by atoms with E-state index in [9.17, 15) is 40.5 Å². The van der Waals surface area contributed by atoms with Gasteiger partial charge in [0, 0.05) is 0 Å². The van der Waals surface area contributed by atoms with Crippen LogP contribution in [0.2, 0.25) is 0 Å². The molecule has 18 heavy (non-hydrogen) atoms. The summed E-state index contributed by atoms with van der Waals surface area (Å²) in [5, 5.41) is 49.8. The van der Waals surface area contributed by atoms with Gasteiger partial charge in [-0.2, -0.15) is 0 Å². The molecule has 0 aliphatic carbocycles. The Kier molecular flexibility index (Phi) is 2.77. The van der Waals surface area contributed by atoms with Gasteiger partial charge in [-0.15, -0.1) is 0 Å². The Labute approximate surface area is 93.4 Å². The van der Waals surface area contributed by atoms with Crippen molar-refractivity contribution in [2.45, 2.75) is 5.91 Å². The molecule has 0 radical (unpaired) electrons. The van der Waals surface area contributed by atoms with Crippen LogP contribution in [0.1, 0.15) is 0 Å². The molecule has 16 nitrogen and oxygen atoms in total. The zero-order chi connectivity index (χ0) is 14.1. The van der Waals surface area contributed by atoms with Crippen molar-refractivity contribution in [3.63, 3.8) is 0 Å². The lowest BCUT2D eigenvalue weighted by Crippen LogP contribution is -2.55. The first-order valence-corrected chi connectivity index (χ1v) is 3.63. The summed E-state index contributed by atoms with van der Waals surface area (Å²) in [5.41, 5.74) is 0. The van der Waals surface area contributed by atoms with Crippen molar-refractivity contribution in [2.24, 2.45) is 0 Å². The van der Waals surface area contributed by atoms with Crippen LogP contribution in [0.4, 0.5) is 5.95 Å². The smallest absolute Gasteiger partial charge is 0.390 e. The van der Waals surface area contributed by atoms with E-state index in [0.29, 0.717) is 0 Å². The van der Waals surface area contributed by atoms with Gasteiger partial charge >= 0.3 is 11.9 Å². The summed E-state index contributed by atoms with van der Waals surface area (Å²) in [5.74, 6) is -5.91. The Bertz CT molecular complexity index is 509. The number of tetrazole rings is 1. The van der Waals surface area contributed by atoms with Gasteiger partial charge < -0.3 is 10.1 Å². The first-order chi connectivity index (χ1) is 8.26. The fraction of sp³-hybridized carbons (Fsp3) is 0.500. The molecule has 96 valence electrons. The van der Waals surface area contributed by atoms with Crippen LogP contribution < -0.4 is 0 Å². The van der Waals surface area contributed by atoms with Gasteiger partial charge in [0.05, 0.1) is 15.5 Å². The van der Waals surface area contributed by atoms with Crippen molar-refractivity contribution in [1.82, 2.24) is 20.2 Å². The first-order valence-electron chi connectivity index (χ1n) is 3.63. The molecule has 1 aromatic rings. The lowest BCUT2D eigenvalue weighted by atomic mass is 10.6. The summed E-state index contributed by atoms with van der Waals surface area (Å²) >= 11 is 0. The van der Waals surface area contributed by atoms with Crippen LogP contribution in [0.25, 0.3) is 0 Å². The quantitative estimate of drug-likeness (QED) is 0.320. The van der Waals surface area contributed by atoms with E-state index in [1.165, 1.54) is 0 Å². The maximum atomic E-state index is 10.6.